The summed E-state index contributed by atoms with van der Waals surface area (Å²) in [6.45, 7) is 2.75. The SMILES string of the molecule is Cc1cscc1NCc1ccc(Cl)o1. The third-order valence-electron chi connectivity index (χ3n) is 1.94. The van der Waals surface area contributed by atoms with E-state index < -0.39 is 0 Å². The van der Waals surface area contributed by atoms with Crippen molar-refractivity contribution < 1.29 is 4.42 Å². The van der Waals surface area contributed by atoms with Crippen LogP contribution in [0.4, 0.5) is 5.69 Å². The number of aryl methyl sites for hydroxylation is 1. The van der Waals surface area contributed by atoms with Crippen molar-refractivity contribution in [3.8, 4) is 0 Å². The number of hydrogen-bond acceptors (Lipinski definition) is 3. The van der Waals surface area contributed by atoms with Gasteiger partial charge in [-0.25, -0.2) is 0 Å². The van der Waals surface area contributed by atoms with Gasteiger partial charge in [-0.15, -0.1) is 11.3 Å². The summed E-state index contributed by atoms with van der Waals surface area (Å²) in [5.41, 5.74) is 2.41. The highest BCUT2D eigenvalue weighted by Gasteiger charge is 2.01. The lowest BCUT2D eigenvalue weighted by Gasteiger charge is -2.02. The van der Waals surface area contributed by atoms with E-state index in [0.29, 0.717) is 11.8 Å². The Labute approximate surface area is 91.5 Å². The maximum Gasteiger partial charge on any atom is 0.193 e. The summed E-state index contributed by atoms with van der Waals surface area (Å²) in [4.78, 5) is 0. The van der Waals surface area contributed by atoms with Crippen LogP contribution in [0.1, 0.15) is 11.3 Å². The van der Waals surface area contributed by atoms with Crippen molar-refractivity contribution in [2.45, 2.75) is 13.5 Å². The van der Waals surface area contributed by atoms with Crippen molar-refractivity contribution in [2.75, 3.05) is 5.32 Å². The summed E-state index contributed by atoms with van der Waals surface area (Å²) >= 11 is 7.35. The molecule has 0 unspecified atom stereocenters. The molecule has 0 amide bonds. The van der Waals surface area contributed by atoms with Crippen molar-refractivity contribution >= 4 is 28.6 Å². The number of nitrogens with one attached hydrogen (secondary N) is 1. The van der Waals surface area contributed by atoms with Gasteiger partial charge in [0.05, 0.1) is 6.54 Å². The highest BCUT2D eigenvalue weighted by Crippen LogP contribution is 2.21. The summed E-state index contributed by atoms with van der Waals surface area (Å²) in [5.74, 6) is 0.848. The molecule has 0 bridgehead atoms. The van der Waals surface area contributed by atoms with Gasteiger partial charge in [0, 0.05) is 11.1 Å². The zero-order chi connectivity index (χ0) is 9.97. The Balaban J connectivity index is 1.98. The normalized spacial score (nSPS) is 10.4. The molecule has 2 heterocycles. The first kappa shape index (κ1) is 9.62. The summed E-state index contributed by atoms with van der Waals surface area (Å²) in [6, 6.07) is 3.62. The Morgan fingerprint density at radius 1 is 1.43 bits per heavy atom. The minimum absolute atomic E-state index is 0.434. The second kappa shape index (κ2) is 4.07. The van der Waals surface area contributed by atoms with E-state index >= 15 is 0 Å². The predicted molar refractivity (Wildman–Crippen MR) is 60.1 cm³/mol. The molecule has 0 spiro atoms. The lowest BCUT2D eigenvalue weighted by molar-refractivity contribution is 0.520. The van der Waals surface area contributed by atoms with Crippen LogP contribution in [0.5, 0.6) is 0 Å². The average molecular weight is 228 g/mol. The molecule has 0 aliphatic carbocycles. The molecule has 0 atom stereocenters. The minimum atomic E-state index is 0.434. The Morgan fingerprint density at radius 3 is 2.86 bits per heavy atom. The van der Waals surface area contributed by atoms with E-state index in [9.17, 15) is 0 Å². The molecule has 74 valence electrons. The zero-order valence-electron chi connectivity index (χ0n) is 7.71. The van der Waals surface area contributed by atoms with Crippen molar-refractivity contribution in [1.82, 2.24) is 0 Å². The van der Waals surface area contributed by atoms with Gasteiger partial charge in [-0.1, -0.05) is 0 Å². The number of thiophene rings is 1. The van der Waals surface area contributed by atoms with Gasteiger partial charge in [0.25, 0.3) is 0 Å². The van der Waals surface area contributed by atoms with Gasteiger partial charge in [0.2, 0.25) is 0 Å². The van der Waals surface area contributed by atoms with E-state index in [4.69, 9.17) is 16.0 Å². The molecule has 2 aromatic heterocycles. The second-order valence-corrected chi connectivity index (χ2v) is 4.14. The molecule has 2 aromatic rings. The third-order valence-corrected chi connectivity index (χ3v) is 3.00. The van der Waals surface area contributed by atoms with Crippen molar-refractivity contribution in [3.63, 3.8) is 0 Å². The summed E-state index contributed by atoms with van der Waals surface area (Å²) in [5, 5.41) is 7.91. The molecule has 0 aliphatic rings. The van der Waals surface area contributed by atoms with Crippen LogP contribution in [0.25, 0.3) is 0 Å². The van der Waals surface area contributed by atoms with Gasteiger partial charge >= 0.3 is 0 Å². The van der Waals surface area contributed by atoms with Crippen LogP contribution in [-0.4, -0.2) is 0 Å². The van der Waals surface area contributed by atoms with Crippen LogP contribution in [0, 0.1) is 6.92 Å². The molecule has 0 saturated carbocycles. The van der Waals surface area contributed by atoms with Crippen LogP contribution < -0.4 is 5.32 Å². The maximum absolute atomic E-state index is 5.66. The van der Waals surface area contributed by atoms with Gasteiger partial charge < -0.3 is 9.73 Å². The largest absolute Gasteiger partial charge is 0.448 e. The summed E-state index contributed by atoms with van der Waals surface area (Å²) < 4.78 is 5.23. The van der Waals surface area contributed by atoms with Gasteiger partial charge in [-0.05, 0) is 41.6 Å². The van der Waals surface area contributed by atoms with Crippen molar-refractivity contribution in [1.29, 1.82) is 0 Å². The Morgan fingerprint density at radius 2 is 2.29 bits per heavy atom. The van der Waals surface area contributed by atoms with E-state index in [1.54, 1.807) is 17.4 Å². The molecule has 14 heavy (non-hydrogen) atoms. The van der Waals surface area contributed by atoms with Gasteiger partial charge in [-0.2, -0.15) is 0 Å². The Kier molecular flexibility index (Phi) is 2.79. The molecular formula is C10H10ClNOS. The summed E-state index contributed by atoms with van der Waals surface area (Å²) in [6.07, 6.45) is 0. The second-order valence-electron chi connectivity index (χ2n) is 3.03. The molecule has 0 aliphatic heterocycles. The van der Waals surface area contributed by atoms with E-state index in [0.717, 1.165) is 11.4 Å². The lowest BCUT2D eigenvalue weighted by Crippen LogP contribution is -1.97. The molecule has 1 N–H and O–H groups in total. The fraction of sp³-hybridized carbons (Fsp3) is 0.200. The first-order valence-corrected chi connectivity index (χ1v) is 5.58. The highest BCUT2D eigenvalue weighted by atomic mass is 35.5. The van der Waals surface area contributed by atoms with E-state index in [1.807, 2.05) is 6.07 Å². The van der Waals surface area contributed by atoms with Crippen molar-refractivity contribution in [3.05, 3.63) is 39.4 Å². The Hall–Kier alpha value is -0.930. The highest BCUT2D eigenvalue weighted by molar-refractivity contribution is 7.08. The number of rotatable bonds is 3. The average Bonchev–Trinajstić information content (AvgIpc) is 2.72. The topological polar surface area (TPSA) is 25.2 Å². The first-order valence-electron chi connectivity index (χ1n) is 4.26. The lowest BCUT2D eigenvalue weighted by atomic mass is 10.3. The molecule has 2 rings (SSSR count). The van der Waals surface area contributed by atoms with E-state index in [2.05, 4.69) is 23.0 Å². The third kappa shape index (κ3) is 2.11. The van der Waals surface area contributed by atoms with Crippen LogP contribution in [0.15, 0.2) is 27.3 Å². The maximum atomic E-state index is 5.66. The van der Waals surface area contributed by atoms with E-state index in [-0.39, 0.29) is 0 Å². The molecule has 0 aromatic carbocycles. The smallest absolute Gasteiger partial charge is 0.193 e. The summed E-state index contributed by atoms with van der Waals surface area (Å²) in [7, 11) is 0. The van der Waals surface area contributed by atoms with Crippen molar-refractivity contribution in [2.24, 2.45) is 0 Å². The number of anilines is 1. The van der Waals surface area contributed by atoms with Crippen LogP contribution in [-0.2, 0) is 6.54 Å². The van der Waals surface area contributed by atoms with Gasteiger partial charge in [0.1, 0.15) is 5.76 Å². The molecule has 0 radical (unpaired) electrons. The van der Waals surface area contributed by atoms with Crippen LogP contribution in [0.3, 0.4) is 0 Å². The monoisotopic (exact) mass is 227 g/mol. The quantitative estimate of drug-likeness (QED) is 0.860. The number of halogens is 1. The van der Waals surface area contributed by atoms with Crippen LogP contribution >= 0.6 is 22.9 Å². The molecule has 4 heteroatoms. The van der Waals surface area contributed by atoms with E-state index in [1.165, 1.54) is 5.56 Å². The standard InChI is InChI=1S/C10H10ClNOS/c1-7-5-14-6-9(7)12-4-8-2-3-10(11)13-8/h2-3,5-6,12H,4H2,1H3. The van der Waals surface area contributed by atoms with Crippen LogP contribution in [0.2, 0.25) is 5.22 Å². The predicted octanol–water partition coefficient (Wildman–Crippen LogP) is 3.92. The van der Waals surface area contributed by atoms with Gasteiger partial charge in [0.15, 0.2) is 5.22 Å². The fourth-order valence-electron chi connectivity index (χ4n) is 1.17. The molecule has 2 nitrogen and oxygen atoms in total. The zero-order valence-corrected chi connectivity index (χ0v) is 9.28. The fourth-order valence-corrected chi connectivity index (χ4v) is 2.14. The minimum Gasteiger partial charge on any atom is -0.448 e. The number of furan rings is 1. The molecule has 0 fully saturated rings. The number of hydrogen-bond donors (Lipinski definition) is 1. The van der Waals surface area contributed by atoms with Gasteiger partial charge in [-0.3, -0.25) is 0 Å². The molecular weight excluding hydrogens is 218 g/mol. The Bertz CT molecular complexity index is 421. The molecule has 0 saturated heterocycles. The first-order chi connectivity index (χ1) is 6.75.